The minimum absolute atomic E-state index is 0.00456. The molecule has 0 radical (unpaired) electrons. The van der Waals surface area contributed by atoms with E-state index in [1.54, 1.807) is 0 Å². The lowest BCUT2D eigenvalue weighted by Gasteiger charge is -2.51. The van der Waals surface area contributed by atoms with E-state index in [1.165, 1.54) is 0 Å². The smallest absolute Gasteiger partial charge is 0.403 e. The van der Waals surface area contributed by atoms with E-state index in [-0.39, 0.29) is 77.8 Å². The Morgan fingerprint density at radius 2 is 0.946 bits per heavy atom. The number of carbonyl (C=O) groups excluding carboxylic acids is 2. The molecule has 0 N–H and O–H groups in total. The van der Waals surface area contributed by atoms with Gasteiger partial charge in [-0.3, -0.25) is 0 Å². The van der Waals surface area contributed by atoms with Gasteiger partial charge in [0.15, 0.2) is 5.41 Å². The zero-order chi connectivity index (χ0) is 27.7. The lowest BCUT2D eigenvalue weighted by atomic mass is 9.57. The summed E-state index contributed by atoms with van der Waals surface area (Å²) in [6.07, 6.45) is -10.9. The Balaban J connectivity index is 2.02. The number of hydrogen-bond donors (Lipinski definition) is 0. The molecule has 0 aliphatic heterocycles. The number of halogens is 6. The van der Waals surface area contributed by atoms with Gasteiger partial charge in [0.1, 0.15) is 13.2 Å². The maximum Gasteiger partial charge on any atom is 0.403 e. The molecular weight excluding hydrogens is 510 g/mol. The van der Waals surface area contributed by atoms with Crippen LogP contribution in [-0.2, 0) is 28.5 Å². The molecule has 2 fully saturated rings. The Hall–Kier alpha value is -2.08. The Kier molecular flexibility index (Phi) is 11.5. The van der Waals surface area contributed by atoms with Crippen LogP contribution >= 0.6 is 0 Å². The summed E-state index contributed by atoms with van der Waals surface area (Å²) in [7, 11) is 0. The van der Waals surface area contributed by atoms with Crippen molar-refractivity contribution in [1.29, 1.82) is 0 Å². The van der Waals surface area contributed by atoms with Gasteiger partial charge in [-0.1, -0.05) is 13.2 Å². The van der Waals surface area contributed by atoms with Gasteiger partial charge in [-0.25, -0.2) is 9.59 Å². The molecule has 2 aliphatic rings. The van der Waals surface area contributed by atoms with Crippen LogP contribution in [-0.4, -0.2) is 62.9 Å². The van der Waals surface area contributed by atoms with E-state index in [1.807, 2.05) is 0 Å². The van der Waals surface area contributed by atoms with Gasteiger partial charge in [0.05, 0.1) is 25.4 Å². The van der Waals surface area contributed by atoms with Crippen LogP contribution in [0.2, 0.25) is 0 Å². The molecule has 0 aromatic carbocycles. The molecule has 212 valence electrons. The van der Waals surface area contributed by atoms with Crippen LogP contribution in [0.15, 0.2) is 25.3 Å². The highest BCUT2D eigenvalue weighted by Crippen LogP contribution is 2.64. The molecule has 0 atom stereocenters. The third-order valence-electron chi connectivity index (χ3n) is 7.27. The van der Waals surface area contributed by atoms with Crippen molar-refractivity contribution in [2.24, 2.45) is 17.3 Å². The molecule has 2 rings (SSSR count). The number of rotatable bonds is 12. The minimum Gasteiger partial charge on any atom is -0.460 e. The van der Waals surface area contributed by atoms with Crippen LogP contribution in [0.1, 0.15) is 51.4 Å². The fourth-order valence-electron chi connectivity index (χ4n) is 5.62. The van der Waals surface area contributed by atoms with Crippen molar-refractivity contribution in [2.45, 2.75) is 75.9 Å². The van der Waals surface area contributed by atoms with E-state index in [0.29, 0.717) is 0 Å². The molecule has 0 aromatic rings. The van der Waals surface area contributed by atoms with Crippen molar-refractivity contribution in [3.8, 4) is 0 Å². The van der Waals surface area contributed by atoms with Crippen molar-refractivity contribution in [1.82, 2.24) is 0 Å². The quantitative estimate of drug-likeness (QED) is 0.136. The van der Waals surface area contributed by atoms with Gasteiger partial charge in [-0.15, -0.1) is 0 Å². The van der Waals surface area contributed by atoms with E-state index >= 15 is 0 Å². The summed E-state index contributed by atoms with van der Waals surface area (Å²) < 4.78 is 107. The fourth-order valence-corrected chi connectivity index (χ4v) is 5.62. The first-order valence-corrected chi connectivity index (χ1v) is 12.3. The molecule has 0 aromatic heterocycles. The van der Waals surface area contributed by atoms with Crippen LogP contribution < -0.4 is 0 Å². The lowest BCUT2D eigenvalue weighted by Crippen LogP contribution is -2.61. The largest absolute Gasteiger partial charge is 0.460 e. The average Bonchev–Trinajstić information content (AvgIpc) is 2.84. The van der Waals surface area contributed by atoms with Crippen LogP contribution in [0.5, 0.6) is 0 Å². The van der Waals surface area contributed by atoms with Crippen molar-refractivity contribution < 1.29 is 54.9 Å². The molecular formula is C25H34F6O6. The molecule has 0 heterocycles. The Morgan fingerprint density at radius 1 is 0.622 bits per heavy atom. The van der Waals surface area contributed by atoms with Crippen molar-refractivity contribution in [3.05, 3.63) is 25.3 Å². The SMILES string of the molecule is C=CC(=O)OCCOC1CCC(C(C2CCC(OCCOC(=O)C=C)CC2)(C(F)(F)F)C(F)(F)F)CC1. The molecule has 37 heavy (non-hydrogen) atoms. The molecule has 0 spiro atoms. The molecule has 12 heteroatoms. The van der Waals surface area contributed by atoms with Crippen LogP contribution in [0.3, 0.4) is 0 Å². The second-order valence-electron chi connectivity index (χ2n) is 9.30. The van der Waals surface area contributed by atoms with Crippen molar-refractivity contribution in [2.75, 3.05) is 26.4 Å². The van der Waals surface area contributed by atoms with Gasteiger partial charge in [0.2, 0.25) is 0 Å². The lowest BCUT2D eigenvalue weighted by molar-refractivity contribution is -0.383. The Bertz CT molecular complexity index is 701. The molecule has 0 saturated heterocycles. The summed E-state index contributed by atoms with van der Waals surface area (Å²) in [4.78, 5) is 22.1. The second kappa shape index (κ2) is 13.6. The van der Waals surface area contributed by atoms with Gasteiger partial charge in [-0.05, 0) is 63.2 Å². The van der Waals surface area contributed by atoms with Crippen molar-refractivity contribution >= 4 is 11.9 Å². The third-order valence-corrected chi connectivity index (χ3v) is 7.27. The van der Waals surface area contributed by atoms with Crippen LogP contribution in [0, 0.1) is 17.3 Å². The molecule has 6 nitrogen and oxygen atoms in total. The maximum atomic E-state index is 14.5. The predicted octanol–water partition coefficient (Wildman–Crippen LogP) is 5.71. The Labute approximate surface area is 212 Å². The number of carbonyl (C=O) groups is 2. The first-order chi connectivity index (χ1) is 17.4. The number of ether oxygens (including phenoxy) is 4. The van der Waals surface area contributed by atoms with E-state index in [0.717, 1.165) is 12.2 Å². The molecule has 2 aliphatic carbocycles. The fraction of sp³-hybridized carbons (Fsp3) is 0.760. The summed E-state index contributed by atoms with van der Waals surface area (Å²) in [5, 5.41) is 0. The van der Waals surface area contributed by atoms with Gasteiger partial charge >= 0.3 is 24.3 Å². The summed E-state index contributed by atoms with van der Waals surface area (Å²) in [6, 6.07) is 0. The summed E-state index contributed by atoms with van der Waals surface area (Å²) in [5.74, 6) is -4.54. The molecule has 2 saturated carbocycles. The van der Waals surface area contributed by atoms with Gasteiger partial charge in [-0.2, -0.15) is 26.3 Å². The highest BCUT2D eigenvalue weighted by Gasteiger charge is 2.76. The first-order valence-electron chi connectivity index (χ1n) is 12.3. The Morgan fingerprint density at radius 3 is 1.22 bits per heavy atom. The van der Waals surface area contributed by atoms with E-state index < -0.39 is 53.7 Å². The third kappa shape index (κ3) is 7.95. The maximum absolute atomic E-state index is 14.5. The summed E-state index contributed by atoms with van der Waals surface area (Å²) in [6.45, 7) is 6.31. The summed E-state index contributed by atoms with van der Waals surface area (Å²) in [5.41, 5.74) is -3.81. The normalized spacial score (nSPS) is 25.2. The van der Waals surface area contributed by atoms with Crippen LogP contribution in [0.4, 0.5) is 26.3 Å². The van der Waals surface area contributed by atoms with Crippen molar-refractivity contribution in [3.63, 3.8) is 0 Å². The van der Waals surface area contributed by atoms with Gasteiger partial charge < -0.3 is 18.9 Å². The number of alkyl halides is 6. The predicted molar refractivity (Wildman–Crippen MR) is 120 cm³/mol. The highest BCUT2D eigenvalue weighted by molar-refractivity contribution is 5.81. The minimum atomic E-state index is -5.47. The van der Waals surface area contributed by atoms with Gasteiger partial charge in [0.25, 0.3) is 0 Å². The summed E-state index contributed by atoms with van der Waals surface area (Å²) >= 11 is 0. The zero-order valence-electron chi connectivity index (χ0n) is 20.6. The number of hydrogen-bond acceptors (Lipinski definition) is 6. The molecule has 0 amide bonds. The monoisotopic (exact) mass is 544 g/mol. The second-order valence-corrected chi connectivity index (χ2v) is 9.30. The van der Waals surface area contributed by atoms with Gasteiger partial charge in [0, 0.05) is 12.2 Å². The highest BCUT2D eigenvalue weighted by atomic mass is 19.4. The molecule has 0 bridgehead atoms. The first kappa shape index (κ1) is 31.1. The standard InChI is InChI=1S/C25H34F6O6/c1-3-21(32)36-15-13-34-19-9-5-17(6-10-19)23(24(26,27)28,25(29,30)31)18-7-11-20(12-8-18)35-14-16-37-22(33)4-2/h3-4,17-20H,1-2,5-16H2. The van der Waals surface area contributed by atoms with E-state index in [2.05, 4.69) is 13.2 Å². The molecule has 0 unspecified atom stereocenters. The van der Waals surface area contributed by atoms with Crippen LogP contribution in [0.25, 0.3) is 0 Å². The average molecular weight is 545 g/mol. The van der Waals surface area contributed by atoms with E-state index in [4.69, 9.17) is 18.9 Å². The zero-order valence-corrected chi connectivity index (χ0v) is 20.6. The number of esters is 2. The van der Waals surface area contributed by atoms with E-state index in [9.17, 15) is 35.9 Å². The topological polar surface area (TPSA) is 71.1 Å².